The zero-order valence-corrected chi connectivity index (χ0v) is 27.2. The van der Waals surface area contributed by atoms with Crippen molar-refractivity contribution in [1.29, 1.82) is 0 Å². The van der Waals surface area contributed by atoms with Crippen LogP contribution in [0.3, 0.4) is 0 Å². The molecule has 5 unspecified atom stereocenters. The van der Waals surface area contributed by atoms with E-state index in [2.05, 4.69) is 185 Å². The van der Waals surface area contributed by atoms with Crippen LogP contribution in [0.5, 0.6) is 0 Å². The number of benzene rings is 4. The fourth-order valence-corrected chi connectivity index (χ4v) is 13.8. The first-order chi connectivity index (χ1) is 18.4. The van der Waals surface area contributed by atoms with Crippen LogP contribution in [0.25, 0.3) is 0 Å². The summed E-state index contributed by atoms with van der Waals surface area (Å²) in [6.45, 7) is 0. The fraction of sp³-hybridized carbons (Fsp3) is 0.294. The van der Waals surface area contributed by atoms with Crippen LogP contribution in [-0.4, -0.2) is 12.4 Å². The zero-order valence-electron chi connectivity index (χ0n) is 20.8. The van der Waals surface area contributed by atoms with Gasteiger partial charge in [-0.2, -0.15) is 0 Å². The SMILES string of the molecule is BrC1C2CC3(c4ccccc4)CC1(Br)C(Br)(Br)C(c1ccccc1)(C2)C3(c1ccccc1)c1ccccc1. The van der Waals surface area contributed by atoms with Gasteiger partial charge in [-0.3, -0.25) is 0 Å². The van der Waals surface area contributed by atoms with Gasteiger partial charge in [0.15, 0.2) is 0 Å². The first kappa shape index (κ1) is 25.7. The summed E-state index contributed by atoms with van der Waals surface area (Å²) in [6, 6.07) is 45.4. The lowest BCUT2D eigenvalue weighted by Gasteiger charge is -2.80. The van der Waals surface area contributed by atoms with Crippen molar-refractivity contribution in [2.45, 2.75) is 47.9 Å². The molecule has 4 saturated carbocycles. The molecule has 0 N–H and O–H groups in total. The quantitative estimate of drug-likeness (QED) is 0.182. The molecular weight excluding hydrogens is 728 g/mol. The summed E-state index contributed by atoms with van der Waals surface area (Å²) < 4.78 is -0.684. The standard InChI is InChI=1S/C34H28Br4/c35-29-24-21-30(25-13-5-1-6-14-25)23-32(29,36)34(37,38)31(22-24,26-15-7-2-8-16-26)33(30,27-17-9-3-10-18-27)28-19-11-4-12-20-28/h1-20,24,29H,21-23H2. The molecule has 5 atom stereocenters. The molecule has 4 heteroatoms. The Labute approximate surface area is 259 Å². The summed E-state index contributed by atoms with van der Waals surface area (Å²) in [4.78, 5) is 0.326. The normalized spacial score (nSPS) is 34.2. The van der Waals surface area contributed by atoms with Crippen molar-refractivity contribution in [1.82, 2.24) is 0 Å². The highest BCUT2D eigenvalue weighted by molar-refractivity contribution is 9.26. The summed E-state index contributed by atoms with van der Waals surface area (Å²) in [5.41, 5.74) is 4.71. The van der Waals surface area contributed by atoms with Crippen LogP contribution >= 0.6 is 63.7 Å². The van der Waals surface area contributed by atoms with E-state index in [-0.39, 0.29) is 20.6 Å². The number of halogens is 4. The average Bonchev–Trinajstić information content (AvgIpc) is 2.96. The molecule has 8 rings (SSSR count). The molecule has 0 radical (unpaired) electrons. The Morgan fingerprint density at radius 2 is 0.947 bits per heavy atom. The Bertz CT molecular complexity index is 1420. The summed E-state index contributed by atoms with van der Waals surface area (Å²) in [6.07, 6.45) is 3.15. The van der Waals surface area contributed by atoms with Crippen LogP contribution in [0.15, 0.2) is 121 Å². The molecule has 4 aromatic rings. The lowest BCUT2D eigenvalue weighted by Crippen LogP contribution is -2.85. The lowest BCUT2D eigenvalue weighted by molar-refractivity contribution is -0.0694. The molecule has 0 nitrogen and oxygen atoms in total. The second-order valence-electron chi connectivity index (χ2n) is 11.4. The van der Waals surface area contributed by atoms with E-state index in [0.717, 1.165) is 19.3 Å². The number of hydrogen-bond donors (Lipinski definition) is 0. The summed E-state index contributed by atoms with van der Waals surface area (Å²) in [5.74, 6) is 0.493. The van der Waals surface area contributed by atoms with Gasteiger partial charge in [0.1, 0.15) is 3.23 Å². The molecule has 0 aromatic heterocycles. The van der Waals surface area contributed by atoms with Crippen LogP contribution in [0.2, 0.25) is 0 Å². The van der Waals surface area contributed by atoms with Crippen molar-refractivity contribution in [3.63, 3.8) is 0 Å². The topological polar surface area (TPSA) is 0 Å². The van der Waals surface area contributed by atoms with Crippen molar-refractivity contribution >= 4 is 63.7 Å². The maximum Gasteiger partial charge on any atom is 0.108 e. The molecule has 4 aromatic carbocycles. The van der Waals surface area contributed by atoms with Crippen molar-refractivity contribution in [3.8, 4) is 0 Å². The van der Waals surface area contributed by atoms with Crippen molar-refractivity contribution in [2.75, 3.05) is 0 Å². The molecule has 0 heterocycles. The summed E-state index contributed by atoms with van der Waals surface area (Å²) >= 11 is 17.7. The van der Waals surface area contributed by atoms with Gasteiger partial charge in [-0.25, -0.2) is 0 Å². The summed E-state index contributed by atoms with van der Waals surface area (Å²) in [7, 11) is 0. The van der Waals surface area contributed by atoms with E-state index < -0.39 is 3.23 Å². The van der Waals surface area contributed by atoms with Gasteiger partial charge in [0.25, 0.3) is 0 Å². The predicted octanol–water partition coefficient (Wildman–Crippen LogP) is 10.1. The van der Waals surface area contributed by atoms with Gasteiger partial charge in [-0.1, -0.05) is 185 Å². The highest BCUT2D eigenvalue weighted by atomic mass is 79.9. The van der Waals surface area contributed by atoms with Crippen LogP contribution in [0, 0.1) is 5.92 Å². The molecule has 0 amide bonds. The number of alkyl halides is 4. The first-order valence-electron chi connectivity index (χ1n) is 13.3. The fourth-order valence-electron chi connectivity index (χ4n) is 8.97. The molecule has 38 heavy (non-hydrogen) atoms. The van der Waals surface area contributed by atoms with Crippen LogP contribution in [0.1, 0.15) is 41.5 Å². The highest BCUT2D eigenvalue weighted by Gasteiger charge is 2.86. The van der Waals surface area contributed by atoms with Crippen LogP contribution in [0.4, 0.5) is 0 Å². The predicted molar refractivity (Wildman–Crippen MR) is 172 cm³/mol. The Morgan fingerprint density at radius 1 is 0.526 bits per heavy atom. The Morgan fingerprint density at radius 3 is 1.42 bits per heavy atom. The minimum atomic E-state index is -0.448. The molecule has 4 fully saturated rings. The largest absolute Gasteiger partial charge is 0.108 e. The lowest BCUT2D eigenvalue weighted by atomic mass is 9.28. The van der Waals surface area contributed by atoms with E-state index in [1.807, 2.05) is 0 Å². The summed E-state index contributed by atoms with van der Waals surface area (Å²) in [5, 5.41) is 0. The Kier molecular flexibility index (Phi) is 6.03. The van der Waals surface area contributed by atoms with Gasteiger partial charge in [-0.15, -0.1) is 0 Å². The zero-order chi connectivity index (χ0) is 26.2. The molecule has 0 spiro atoms. The third kappa shape index (κ3) is 2.91. The van der Waals surface area contributed by atoms with Crippen molar-refractivity contribution in [3.05, 3.63) is 144 Å². The van der Waals surface area contributed by atoms with E-state index in [4.69, 9.17) is 0 Å². The average molecular weight is 756 g/mol. The van der Waals surface area contributed by atoms with Crippen LogP contribution < -0.4 is 0 Å². The number of rotatable bonds is 4. The van der Waals surface area contributed by atoms with Gasteiger partial charge in [0.2, 0.25) is 0 Å². The molecule has 4 aliphatic carbocycles. The van der Waals surface area contributed by atoms with Gasteiger partial charge >= 0.3 is 0 Å². The second-order valence-corrected chi connectivity index (χ2v) is 17.2. The van der Waals surface area contributed by atoms with Gasteiger partial charge < -0.3 is 0 Å². The maximum absolute atomic E-state index is 4.48. The van der Waals surface area contributed by atoms with E-state index >= 15 is 0 Å². The second kappa shape index (κ2) is 8.90. The highest BCUT2D eigenvalue weighted by Crippen LogP contribution is 2.84. The molecule has 192 valence electrons. The van der Waals surface area contributed by atoms with E-state index in [1.54, 1.807) is 0 Å². The first-order valence-corrected chi connectivity index (χ1v) is 16.6. The third-order valence-corrected chi connectivity index (χ3v) is 17.4. The monoisotopic (exact) mass is 752 g/mol. The molecule has 4 aliphatic rings. The molecule has 0 saturated heterocycles. The van der Waals surface area contributed by atoms with Gasteiger partial charge in [0, 0.05) is 21.1 Å². The minimum absolute atomic E-state index is 0.158. The third-order valence-electron chi connectivity index (χ3n) is 10.0. The minimum Gasteiger partial charge on any atom is -0.0871 e. The van der Waals surface area contributed by atoms with E-state index in [9.17, 15) is 0 Å². The van der Waals surface area contributed by atoms with Gasteiger partial charge in [-0.05, 0) is 47.4 Å². The van der Waals surface area contributed by atoms with E-state index in [0.29, 0.717) is 10.7 Å². The number of hydrogen-bond acceptors (Lipinski definition) is 0. The molecular formula is C34H28Br4. The Balaban J connectivity index is 1.74. The Hall–Kier alpha value is -1.20. The molecule has 0 aliphatic heterocycles. The van der Waals surface area contributed by atoms with Crippen LogP contribution in [-0.2, 0) is 16.2 Å². The molecule has 4 bridgehead atoms. The smallest absolute Gasteiger partial charge is 0.0871 e. The van der Waals surface area contributed by atoms with Crippen molar-refractivity contribution < 1.29 is 0 Å². The van der Waals surface area contributed by atoms with E-state index in [1.165, 1.54) is 22.3 Å². The maximum atomic E-state index is 4.48. The van der Waals surface area contributed by atoms with Crippen molar-refractivity contribution in [2.24, 2.45) is 5.92 Å². The van der Waals surface area contributed by atoms with Gasteiger partial charge in [0.05, 0.1) is 4.32 Å².